The molecular weight excluding hydrogens is 358 g/mol. The third kappa shape index (κ3) is 2.83. The van der Waals surface area contributed by atoms with Crippen LogP contribution in [0.25, 0.3) is 33.1 Å². The summed E-state index contributed by atoms with van der Waals surface area (Å²) in [5, 5.41) is 1.41. The van der Waals surface area contributed by atoms with Crippen molar-refractivity contribution in [2.24, 2.45) is 0 Å². The van der Waals surface area contributed by atoms with E-state index in [9.17, 15) is 4.79 Å². The van der Waals surface area contributed by atoms with Crippen LogP contribution < -0.4 is 9.47 Å². The minimum absolute atomic E-state index is 0.131. The number of aromatic nitrogens is 1. The predicted molar refractivity (Wildman–Crippen MR) is 106 cm³/mol. The van der Waals surface area contributed by atoms with Gasteiger partial charge in [-0.25, -0.2) is 9.78 Å². The molecule has 6 nitrogen and oxygen atoms in total. The second-order valence-electron chi connectivity index (χ2n) is 6.10. The SMILES string of the molecule is CCOc1oc2c(-c3cccc(OC)c3)nc3ccccc3c2c1C(=O)OC. The number of ether oxygens (including phenoxy) is 3. The minimum Gasteiger partial charge on any atom is -0.497 e. The number of hydrogen-bond acceptors (Lipinski definition) is 6. The molecule has 0 fully saturated rings. The number of rotatable bonds is 5. The lowest BCUT2D eigenvalue weighted by Crippen LogP contribution is -2.04. The van der Waals surface area contributed by atoms with E-state index in [1.807, 2.05) is 55.5 Å². The van der Waals surface area contributed by atoms with E-state index in [-0.39, 0.29) is 11.5 Å². The van der Waals surface area contributed by atoms with E-state index in [2.05, 4.69) is 0 Å². The number of para-hydroxylation sites is 1. The van der Waals surface area contributed by atoms with Crippen molar-refractivity contribution in [2.45, 2.75) is 6.92 Å². The number of esters is 1. The Morgan fingerprint density at radius 3 is 2.68 bits per heavy atom. The fourth-order valence-corrected chi connectivity index (χ4v) is 3.27. The van der Waals surface area contributed by atoms with E-state index in [1.54, 1.807) is 7.11 Å². The van der Waals surface area contributed by atoms with Gasteiger partial charge in [0.2, 0.25) is 0 Å². The number of benzene rings is 2. The smallest absolute Gasteiger partial charge is 0.345 e. The van der Waals surface area contributed by atoms with Crippen molar-refractivity contribution in [3.8, 4) is 23.0 Å². The zero-order chi connectivity index (χ0) is 19.7. The molecular formula is C22H19NO5. The van der Waals surface area contributed by atoms with Gasteiger partial charge in [-0.3, -0.25) is 0 Å². The van der Waals surface area contributed by atoms with Crippen LogP contribution in [-0.2, 0) is 4.74 Å². The Bertz CT molecular complexity index is 1180. The molecule has 0 radical (unpaired) electrons. The van der Waals surface area contributed by atoms with Crippen LogP contribution >= 0.6 is 0 Å². The first kappa shape index (κ1) is 17.9. The van der Waals surface area contributed by atoms with Gasteiger partial charge in [0.25, 0.3) is 0 Å². The molecule has 0 unspecified atom stereocenters. The molecule has 0 saturated carbocycles. The largest absolute Gasteiger partial charge is 0.497 e. The number of fused-ring (bicyclic) bond motifs is 3. The fraction of sp³-hybridized carbons (Fsp3) is 0.182. The van der Waals surface area contributed by atoms with Crippen LogP contribution in [0.15, 0.2) is 52.9 Å². The van der Waals surface area contributed by atoms with E-state index in [4.69, 9.17) is 23.6 Å². The number of carbonyl (C=O) groups excluding carboxylic acids is 1. The summed E-state index contributed by atoms with van der Waals surface area (Å²) in [6, 6.07) is 15.1. The molecule has 0 amide bonds. The maximum Gasteiger partial charge on any atom is 0.345 e. The molecule has 0 aliphatic carbocycles. The predicted octanol–water partition coefficient (Wildman–Crippen LogP) is 4.84. The Hall–Kier alpha value is -3.54. The number of carbonyl (C=O) groups is 1. The van der Waals surface area contributed by atoms with Crippen LogP contribution in [-0.4, -0.2) is 31.8 Å². The molecule has 0 aliphatic rings. The van der Waals surface area contributed by atoms with Gasteiger partial charge in [0.1, 0.15) is 11.4 Å². The fourth-order valence-electron chi connectivity index (χ4n) is 3.27. The second-order valence-corrected chi connectivity index (χ2v) is 6.10. The van der Waals surface area contributed by atoms with Crippen molar-refractivity contribution in [3.05, 3.63) is 54.1 Å². The normalized spacial score (nSPS) is 11.0. The van der Waals surface area contributed by atoms with E-state index < -0.39 is 5.97 Å². The third-order valence-corrected chi connectivity index (χ3v) is 4.50. The van der Waals surface area contributed by atoms with Crippen LogP contribution in [0, 0.1) is 0 Å². The molecule has 142 valence electrons. The number of nitrogens with zero attached hydrogens (tertiary/aromatic N) is 1. The molecule has 4 rings (SSSR count). The molecule has 2 aromatic carbocycles. The monoisotopic (exact) mass is 377 g/mol. The van der Waals surface area contributed by atoms with Crippen molar-refractivity contribution in [2.75, 3.05) is 20.8 Å². The maximum atomic E-state index is 12.6. The lowest BCUT2D eigenvalue weighted by Gasteiger charge is -2.07. The Labute approximate surface area is 161 Å². The first-order valence-corrected chi connectivity index (χ1v) is 8.88. The van der Waals surface area contributed by atoms with Gasteiger partial charge in [-0.1, -0.05) is 30.3 Å². The van der Waals surface area contributed by atoms with Gasteiger partial charge in [-0.05, 0) is 25.1 Å². The highest BCUT2D eigenvalue weighted by molar-refractivity contribution is 6.18. The Morgan fingerprint density at radius 2 is 1.93 bits per heavy atom. The average molecular weight is 377 g/mol. The standard InChI is InChI=1S/C22H19NO5/c1-4-27-22-18(21(24)26-3)17-15-10-5-6-11-16(15)23-19(20(17)28-22)13-8-7-9-14(12-13)25-2/h5-12H,4H2,1-3H3. The van der Waals surface area contributed by atoms with Gasteiger partial charge < -0.3 is 18.6 Å². The lowest BCUT2D eigenvalue weighted by molar-refractivity contribution is 0.0595. The molecule has 0 atom stereocenters. The highest BCUT2D eigenvalue weighted by atomic mass is 16.6. The van der Waals surface area contributed by atoms with E-state index in [1.165, 1.54) is 7.11 Å². The number of pyridine rings is 1. The van der Waals surface area contributed by atoms with Crippen LogP contribution in [0.1, 0.15) is 17.3 Å². The van der Waals surface area contributed by atoms with Gasteiger partial charge >= 0.3 is 11.9 Å². The minimum atomic E-state index is -0.518. The van der Waals surface area contributed by atoms with E-state index in [0.29, 0.717) is 29.0 Å². The number of methoxy groups -OCH3 is 2. The van der Waals surface area contributed by atoms with Gasteiger partial charge in [-0.2, -0.15) is 0 Å². The van der Waals surface area contributed by atoms with Crippen molar-refractivity contribution in [1.82, 2.24) is 4.98 Å². The van der Waals surface area contributed by atoms with Gasteiger partial charge in [0.05, 0.1) is 31.7 Å². The number of hydrogen-bond donors (Lipinski definition) is 0. The van der Waals surface area contributed by atoms with Crippen LogP contribution in [0.3, 0.4) is 0 Å². The average Bonchev–Trinajstić information content (AvgIpc) is 3.12. The summed E-state index contributed by atoms with van der Waals surface area (Å²) in [7, 11) is 2.95. The van der Waals surface area contributed by atoms with Crippen molar-refractivity contribution < 1.29 is 23.4 Å². The van der Waals surface area contributed by atoms with Gasteiger partial charge in [0, 0.05) is 10.9 Å². The molecule has 0 N–H and O–H groups in total. The highest BCUT2D eigenvalue weighted by Crippen LogP contribution is 2.41. The Kier molecular flexibility index (Phi) is 4.61. The summed E-state index contributed by atoms with van der Waals surface area (Å²) in [4.78, 5) is 17.4. The molecule has 0 saturated heterocycles. The summed E-state index contributed by atoms with van der Waals surface area (Å²) in [6.07, 6.45) is 0. The first-order chi connectivity index (χ1) is 13.7. The molecule has 2 heterocycles. The molecule has 0 aliphatic heterocycles. The molecule has 4 aromatic rings. The molecule has 28 heavy (non-hydrogen) atoms. The van der Waals surface area contributed by atoms with E-state index >= 15 is 0 Å². The van der Waals surface area contributed by atoms with Crippen molar-refractivity contribution in [1.29, 1.82) is 0 Å². The Morgan fingerprint density at radius 1 is 1.11 bits per heavy atom. The summed E-state index contributed by atoms with van der Waals surface area (Å²) in [5.74, 6) is 0.312. The molecule has 0 spiro atoms. The number of furan rings is 1. The van der Waals surface area contributed by atoms with Crippen molar-refractivity contribution in [3.63, 3.8) is 0 Å². The third-order valence-electron chi connectivity index (χ3n) is 4.50. The molecule has 2 aromatic heterocycles. The maximum absolute atomic E-state index is 12.6. The molecule has 0 bridgehead atoms. The molecule has 6 heteroatoms. The topological polar surface area (TPSA) is 70.8 Å². The second kappa shape index (κ2) is 7.23. The first-order valence-electron chi connectivity index (χ1n) is 8.88. The van der Waals surface area contributed by atoms with Crippen LogP contribution in [0.4, 0.5) is 0 Å². The van der Waals surface area contributed by atoms with Crippen LogP contribution in [0.2, 0.25) is 0 Å². The lowest BCUT2D eigenvalue weighted by atomic mass is 10.0. The summed E-state index contributed by atoms with van der Waals surface area (Å²) >= 11 is 0. The van der Waals surface area contributed by atoms with Gasteiger partial charge in [-0.15, -0.1) is 0 Å². The van der Waals surface area contributed by atoms with Crippen LogP contribution in [0.5, 0.6) is 11.7 Å². The van der Waals surface area contributed by atoms with Crippen molar-refractivity contribution >= 4 is 27.8 Å². The zero-order valence-corrected chi connectivity index (χ0v) is 15.8. The zero-order valence-electron chi connectivity index (χ0n) is 15.8. The summed E-state index contributed by atoms with van der Waals surface area (Å²) in [5.41, 5.74) is 2.88. The summed E-state index contributed by atoms with van der Waals surface area (Å²) < 4.78 is 22.0. The van der Waals surface area contributed by atoms with Gasteiger partial charge in [0.15, 0.2) is 11.1 Å². The highest BCUT2D eigenvalue weighted by Gasteiger charge is 2.27. The van der Waals surface area contributed by atoms with E-state index in [0.717, 1.165) is 16.5 Å². The Balaban J connectivity index is 2.14. The summed E-state index contributed by atoms with van der Waals surface area (Å²) in [6.45, 7) is 2.18. The quantitative estimate of drug-likeness (QED) is 0.463.